The number of carbonyl (C=O) groups is 1. The molecule has 1 aromatic carbocycles. The van der Waals surface area contributed by atoms with Gasteiger partial charge in [0.05, 0.1) is 17.7 Å². The highest BCUT2D eigenvalue weighted by atomic mass is 32.2. The fourth-order valence-corrected chi connectivity index (χ4v) is 5.23. The second-order valence-electron chi connectivity index (χ2n) is 7.44. The topological polar surface area (TPSA) is 69.7 Å². The number of rotatable bonds is 5. The molecule has 0 aromatic heterocycles. The number of sulfonamides is 1. The summed E-state index contributed by atoms with van der Waals surface area (Å²) in [7, 11) is -3.24. The normalized spacial score (nSPS) is 24.7. The lowest BCUT2D eigenvalue weighted by Crippen LogP contribution is -2.53. The van der Waals surface area contributed by atoms with E-state index in [4.69, 9.17) is 0 Å². The van der Waals surface area contributed by atoms with E-state index in [1.807, 2.05) is 4.90 Å². The van der Waals surface area contributed by atoms with E-state index in [0.29, 0.717) is 19.6 Å². The van der Waals surface area contributed by atoms with Crippen LogP contribution < -0.4 is 5.32 Å². The van der Waals surface area contributed by atoms with E-state index in [9.17, 15) is 13.2 Å². The maximum atomic E-state index is 13.3. The minimum atomic E-state index is -3.24. The molecule has 1 amide bonds. The number of aryl methyl sites for hydroxylation is 1. The van der Waals surface area contributed by atoms with Gasteiger partial charge in [0.2, 0.25) is 15.9 Å². The van der Waals surface area contributed by atoms with Crippen LogP contribution in [0.5, 0.6) is 0 Å². The molecule has 2 fully saturated rings. The Bertz CT molecular complexity index is 748. The summed E-state index contributed by atoms with van der Waals surface area (Å²) in [6.07, 6.45) is 2.51. The lowest BCUT2D eigenvalue weighted by molar-refractivity contribution is -0.140. The Hall–Kier alpha value is -1.44. The molecule has 7 heteroatoms. The molecular weight excluding hydrogens is 362 g/mol. The molecule has 0 saturated carbocycles. The van der Waals surface area contributed by atoms with Crippen LogP contribution in [-0.4, -0.2) is 62.0 Å². The second kappa shape index (κ2) is 8.71. The van der Waals surface area contributed by atoms with Gasteiger partial charge in [-0.15, -0.1) is 0 Å². The van der Waals surface area contributed by atoms with E-state index >= 15 is 0 Å². The van der Waals surface area contributed by atoms with Crippen molar-refractivity contribution in [3.05, 3.63) is 35.4 Å². The molecule has 0 bridgehead atoms. The van der Waals surface area contributed by atoms with Gasteiger partial charge in [-0.05, 0) is 37.3 Å². The smallest absolute Gasteiger partial charge is 0.227 e. The molecule has 27 heavy (non-hydrogen) atoms. The second-order valence-corrected chi connectivity index (χ2v) is 9.70. The molecule has 3 rings (SSSR count). The highest BCUT2D eigenvalue weighted by Crippen LogP contribution is 2.28. The zero-order valence-electron chi connectivity index (χ0n) is 16.4. The third kappa shape index (κ3) is 4.52. The van der Waals surface area contributed by atoms with Gasteiger partial charge in [0.1, 0.15) is 0 Å². The molecule has 2 atom stereocenters. The molecule has 150 valence electrons. The molecule has 2 unspecified atom stereocenters. The molecular formula is C20H31N3O3S. The average Bonchev–Trinajstić information content (AvgIpc) is 2.73. The number of piperidine rings is 1. The standard InChI is InChI=1S/C20H31N3O3S/c1-3-16-7-9-17(10-8-16)19-14-21-11-13-23(19)20(24)18-6-5-12-22(15-18)27(25,26)4-2/h7-10,18-19,21H,3-6,11-15H2,1-2H3. The van der Waals surface area contributed by atoms with Crippen molar-refractivity contribution in [2.24, 2.45) is 5.92 Å². The van der Waals surface area contributed by atoms with Crippen LogP contribution in [0.1, 0.15) is 43.9 Å². The number of hydrogen-bond acceptors (Lipinski definition) is 4. The van der Waals surface area contributed by atoms with Gasteiger partial charge < -0.3 is 10.2 Å². The summed E-state index contributed by atoms with van der Waals surface area (Å²) in [5.74, 6) is -0.0545. The third-order valence-corrected chi connectivity index (χ3v) is 7.64. The summed E-state index contributed by atoms with van der Waals surface area (Å²) in [6.45, 7) is 6.82. The lowest BCUT2D eigenvalue weighted by atomic mass is 9.94. The van der Waals surface area contributed by atoms with Crippen LogP contribution >= 0.6 is 0 Å². The van der Waals surface area contributed by atoms with Crippen LogP contribution in [0.4, 0.5) is 0 Å². The van der Waals surface area contributed by atoms with Crippen LogP contribution in [0.2, 0.25) is 0 Å². The zero-order valence-corrected chi connectivity index (χ0v) is 17.2. The van der Waals surface area contributed by atoms with E-state index < -0.39 is 10.0 Å². The molecule has 0 radical (unpaired) electrons. The number of piperazine rings is 1. The highest BCUT2D eigenvalue weighted by Gasteiger charge is 2.36. The fourth-order valence-electron chi connectivity index (χ4n) is 4.06. The van der Waals surface area contributed by atoms with Crippen LogP contribution in [0.3, 0.4) is 0 Å². The summed E-state index contributed by atoms with van der Waals surface area (Å²) < 4.78 is 26.0. The highest BCUT2D eigenvalue weighted by molar-refractivity contribution is 7.89. The SMILES string of the molecule is CCc1ccc(C2CNCCN2C(=O)C2CCCN(S(=O)(=O)CC)C2)cc1. The van der Waals surface area contributed by atoms with Crippen molar-refractivity contribution in [3.8, 4) is 0 Å². The first-order valence-electron chi connectivity index (χ1n) is 10.0. The quantitative estimate of drug-likeness (QED) is 0.828. The first-order chi connectivity index (χ1) is 13.0. The Morgan fingerprint density at radius 1 is 1.19 bits per heavy atom. The third-order valence-electron chi connectivity index (χ3n) is 5.79. The van der Waals surface area contributed by atoms with Crippen molar-refractivity contribution < 1.29 is 13.2 Å². The first kappa shape index (κ1) is 20.3. The molecule has 2 saturated heterocycles. The number of amides is 1. The molecule has 1 aromatic rings. The summed E-state index contributed by atoms with van der Waals surface area (Å²) in [5, 5.41) is 3.39. The van der Waals surface area contributed by atoms with Gasteiger partial charge in [0, 0.05) is 32.7 Å². The average molecular weight is 394 g/mol. The molecule has 0 spiro atoms. The number of carbonyl (C=O) groups excluding carboxylic acids is 1. The van der Waals surface area contributed by atoms with Crippen molar-refractivity contribution in [2.75, 3.05) is 38.5 Å². The lowest BCUT2D eigenvalue weighted by Gasteiger charge is -2.40. The molecule has 6 nitrogen and oxygen atoms in total. The number of benzene rings is 1. The van der Waals surface area contributed by atoms with Gasteiger partial charge in [-0.25, -0.2) is 12.7 Å². The van der Waals surface area contributed by atoms with Gasteiger partial charge in [0.15, 0.2) is 0 Å². The van der Waals surface area contributed by atoms with Gasteiger partial charge >= 0.3 is 0 Å². The molecule has 2 aliphatic heterocycles. The number of nitrogens with one attached hydrogen (secondary N) is 1. The van der Waals surface area contributed by atoms with Crippen molar-refractivity contribution in [1.29, 1.82) is 0 Å². The van der Waals surface area contributed by atoms with E-state index in [-0.39, 0.29) is 23.6 Å². The monoisotopic (exact) mass is 393 g/mol. The summed E-state index contributed by atoms with van der Waals surface area (Å²) in [4.78, 5) is 15.3. The largest absolute Gasteiger partial charge is 0.333 e. The fraction of sp³-hybridized carbons (Fsp3) is 0.650. The van der Waals surface area contributed by atoms with Gasteiger partial charge in [-0.3, -0.25) is 4.79 Å². The molecule has 2 heterocycles. The Kier molecular flexibility index (Phi) is 6.55. The van der Waals surface area contributed by atoms with Crippen LogP contribution in [0.15, 0.2) is 24.3 Å². The van der Waals surface area contributed by atoms with E-state index in [0.717, 1.165) is 37.9 Å². The maximum Gasteiger partial charge on any atom is 0.227 e. The van der Waals surface area contributed by atoms with E-state index in [1.165, 1.54) is 9.87 Å². The van der Waals surface area contributed by atoms with Crippen molar-refractivity contribution in [2.45, 2.75) is 39.2 Å². The number of nitrogens with zero attached hydrogens (tertiary/aromatic N) is 2. The van der Waals surface area contributed by atoms with Crippen molar-refractivity contribution >= 4 is 15.9 Å². The Morgan fingerprint density at radius 3 is 2.59 bits per heavy atom. The van der Waals surface area contributed by atoms with Gasteiger partial charge in [0.25, 0.3) is 0 Å². The predicted octanol–water partition coefficient (Wildman–Crippen LogP) is 1.78. The van der Waals surface area contributed by atoms with Crippen molar-refractivity contribution in [3.63, 3.8) is 0 Å². The van der Waals surface area contributed by atoms with E-state index in [1.54, 1.807) is 6.92 Å². The Morgan fingerprint density at radius 2 is 1.93 bits per heavy atom. The zero-order chi connectivity index (χ0) is 19.4. The molecule has 0 aliphatic carbocycles. The maximum absolute atomic E-state index is 13.3. The predicted molar refractivity (Wildman–Crippen MR) is 107 cm³/mol. The van der Waals surface area contributed by atoms with Crippen molar-refractivity contribution in [1.82, 2.24) is 14.5 Å². The minimum Gasteiger partial charge on any atom is -0.333 e. The van der Waals surface area contributed by atoms with Crippen LogP contribution in [0.25, 0.3) is 0 Å². The van der Waals surface area contributed by atoms with E-state index in [2.05, 4.69) is 36.5 Å². The van der Waals surface area contributed by atoms with Crippen LogP contribution in [0, 0.1) is 5.92 Å². The minimum absolute atomic E-state index is 0.00955. The molecule has 2 aliphatic rings. The molecule has 1 N–H and O–H groups in total. The Labute approximate surface area is 163 Å². The van der Waals surface area contributed by atoms with Gasteiger partial charge in [-0.2, -0.15) is 0 Å². The number of hydrogen-bond donors (Lipinski definition) is 1. The van der Waals surface area contributed by atoms with Crippen LogP contribution in [-0.2, 0) is 21.2 Å². The first-order valence-corrected chi connectivity index (χ1v) is 11.6. The summed E-state index contributed by atoms with van der Waals surface area (Å²) in [6, 6.07) is 8.50. The summed E-state index contributed by atoms with van der Waals surface area (Å²) >= 11 is 0. The Balaban J connectivity index is 1.76. The summed E-state index contributed by atoms with van der Waals surface area (Å²) in [5.41, 5.74) is 2.43. The van der Waals surface area contributed by atoms with Gasteiger partial charge in [-0.1, -0.05) is 31.2 Å².